The lowest BCUT2D eigenvalue weighted by Crippen LogP contribution is -2.26. The van der Waals surface area contributed by atoms with Crippen molar-refractivity contribution in [2.45, 2.75) is 38.3 Å². The highest BCUT2D eigenvalue weighted by Gasteiger charge is 2.38. The molecule has 0 bridgehead atoms. The van der Waals surface area contributed by atoms with Crippen molar-refractivity contribution >= 4 is 0 Å². The number of aryl methyl sites for hydroxylation is 1. The zero-order valence-electron chi connectivity index (χ0n) is 8.52. The van der Waals surface area contributed by atoms with E-state index in [2.05, 4.69) is 5.10 Å². The summed E-state index contributed by atoms with van der Waals surface area (Å²) in [4.78, 5) is 11.2. The first-order valence-electron chi connectivity index (χ1n) is 5.18. The first-order chi connectivity index (χ1) is 7.50. The van der Waals surface area contributed by atoms with Crippen molar-refractivity contribution in [1.29, 1.82) is 0 Å². The van der Waals surface area contributed by atoms with Crippen LogP contribution in [-0.4, -0.2) is 10.2 Å². The molecule has 0 unspecified atom stereocenters. The molecule has 0 radical (unpaired) electrons. The minimum Gasteiger partial charge on any atom is -0.267 e. The fourth-order valence-electron chi connectivity index (χ4n) is 2.07. The molecule has 3 nitrogen and oxygen atoms in total. The number of halogens is 3. The number of hydrogen-bond acceptors (Lipinski definition) is 2. The number of fused-ring (bicyclic) bond motifs is 1. The minimum absolute atomic E-state index is 0.0914. The van der Waals surface area contributed by atoms with E-state index in [1.807, 2.05) is 5.10 Å². The van der Waals surface area contributed by atoms with Gasteiger partial charge in [-0.05, 0) is 31.2 Å². The van der Waals surface area contributed by atoms with Gasteiger partial charge in [0.25, 0.3) is 5.56 Å². The summed E-state index contributed by atoms with van der Waals surface area (Å²) in [5.74, 6) is 0. The fourth-order valence-corrected chi connectivity index (χ4v) is 2.07. The number of hydrogen-bond donors (Lipinski definition) is 1. The Balaban J connectivity index is 2.63. The van der Waals surface area contributed by atoms with E-state index < -0.39 is 17.3 Å². The van der Waals surface area contributed by atoms with Crippen molar-refractivity contribution in [3.05, 3.63) is 27.2 Å². The van der Waals surface area contributed by atoms with Gasteiger partial charge in [0.2, 0.25) is 0 Å². The van der Waals surface area contributed by atoms with Crippen LogP contribution in [0.5, 0.6) is 0 Å². The Bertz CT molecular complexity index is 450. The van der Waals surface area contributed by atoms with Gasteiger partial charge in [-0.3, -0.25) is 4.79 Å². The highest BCUT2D eigenvalue weighted by Crippen LogP contribution is 2.32. The third kappa shape index (κ3) is 1.96. The van der Waals surface area contributed by atoms with Crippen molar-refractivity contribution in [3.8, 4) is 0 Å². The van der Waals surface area contributed by atoms with Crippen LogP contribution >= 0.6 is 0 Å². The number of aromatic nitrogens is 2. The molecule has 0 amide bonds. The topological polar surface area (TPSA) is 45.8 Å². The molecule has 0 aromatic carbocycles. The van der Waals surface area contributed by atoms with Gasteiger partial charge in [-0.1, -0.05) is 6.42 Å². The molecule has 0 spiro atoms. The fraction of sp³-hybridized carbons (Fsp3) is 0.600. The van der Waals surface area contributed by atoms with Gasteiger partial charge in [0.05, 0.1) is 5.69 Å². The first-order valence-corrected chi connectivity index (χ1v) is 5.18. The average molecular weight is 232 g/mol. The van der Waals surface area contributed by atoms with Gasteiger partial charge in [-0.2, -0.15) is 18.3 Å². The van der Waals surface area contributed by atoms with E-state index in [1.54, 1.807) is 0 Å². The van der Waals surface area contributed by atoms with Gasteiger partial charge in [0.15, 0.2) is 0 Å². The molecule has 88 valence electrons. The van der Waals surface area contributed by atoms with Crippen LogP contribution in [0.3, 0.4) is 0 Å². The van der Waals surface area contributed by atoms with E-state index in [4.69, 9.17) is 0 Å². The van der Waals surface area contributed by atoms with Crippen LogP contribution in [0, 0.1) is 0 Å². The maximum absolute atomic E-state index is 12.7. The Morgan fingerprint density at radius 3 is 2.50 bits per heavy atom. The summed E-state index contributed by atoms with van der Waals surface area (Å²) < 4.78 is 38.2. The average Bonchev–Trinajstić information content (AvgIpc) is 2.40. The quantitative estimate of drug-likeness (QED) is 0.696. The predicted molar refractivity (Wildman–Crippen MR) is 51.1 cm³/mol. The molecular weight excluding hydrogens is 221 g/mol. The minimum atomic E-state index is -4.59. The molecule has 1 aliphatic rings. The standard InChI is InChI=1S/C10H11F3N2O/c11-10(12,13)8-6-4-2-1-3-5-7(6)14-15-9(8)16/h1-5H2,(H,15,16). The van der Waals surface area contributed by atoms with E-state index >= 15 is 0 Å². The summed E-state index contributed by atoms with van der Waals surface area (Å²) in [5, 5.41) is 5.65. The van der Waals surface area contributed by atoms with Crippen molar-refractivity contribution in [1.82, 2.24) is 10.2 Å². The SMILES string of the molecule is O=c1[nH]nc2c(c1C(F)(F)F)CCCCC2. The van der Waals surface area contributed by atoms with Gasteiger partial charge >= 0.3 is 6.18 Å². The molecule has 16 heavy (non-hydrogen) atoms. The van der Waals surface area contributed by atoms with Crippen LogP contribution in [0.1, 0.15) is 36.1 Å². The molecule has 0 atom stereocenters. The molecule has 1 aliphatic carbocycles. The molecule has 0 fully saturated rings. The van der Waals surface area contributed by atoms with E-state index in [-0.39, 0.29) is 5.56 Å². The van der Waals surface area contributed by atoms with E-state index in [0.29, 0.717) is 25.0 Å². The monoisotopic (exact) mass is 232 g/mol. The summed E-state index contributed by atoms with van der Waals surface area (Å²) in [6.45, 7) is 0. The van der Waals surface area contributed by atoms with Gasteiger partial charge in [-0.15, -0.1) is 0 Å². The van der Waals surface area contributed by atoms with Crippen LogP contribution in [0.25, 0.3) is 0 Å². The summed E-state index contributed by atoms with van der Waals surface area (Å²) >= 11 is 0. The van der Waals surface area contributed by atoms with Crippen molar-refractivity contribution in [3.63, 3.8) is 0 Å². The first kappa shape index (κ1) is 11.2. The van der Waals surface area contributed by atoms with Gasteiger partial charge in [-0.25, -0.2) is 5.10 Å². The molecule has 0 saturated heterocycles. The van der Waals surface area contributed by atoms with E-state index in [0.717, 1.165) is 12.8 Å². The Labute approximate surface area is 89.7 Å². The summed E-state index contributed by atoms with van der Waals surface area (Å²) in [6.07, 6.45) is -1.41. The van der Waals surface area contributed by atoms with Crippen LogP contribution in [0.2, 0.25) is 0 Å². The molecular formula is C10H11F3N2O. The number of aromatic amines is 1. The Kier molecular flexibility index (Phi) is 2.73. The third-order valence-electron chi connectivity index (χ3n) is 2.79. The lowest BCUT2D eigenvalue weighted by Gasteiger charge is -2.12. The maximum Gasteiger partial charge on any atom is 0.422 e. The molecule has 0 aliphatic heterocycles. The third-order valence-corrected chi connectivity index (χ3v) is 2.79. The Morgan fingerprint density at radius 2 is 1.81 bits per heavy atom. The van der Waals surface area contributed by atoms with Crippen molar-refractivity contribution in [2.75, 3.05) is 0 Å². The molecule has 1 heterocycles. The molecule has 1 aromatic rings. The number of nitrogens with one attached hydrogen (secondary N) is 1. The highest BCUT2D eigenvalue weighted by molar-refractivity contribution is 5.31. The normalized spacial score (nSPS) is 16.7. The molecule has 0 saturated carbocycles. The second-order valence-corrected chi connectivity index (χ2v) is 3.91. The second-order valence-electron chi connectivity index (χ2n) is 3.91. The number of alkyl halides is 3. The summed E-state index contributed by atoms with van der Waals surface area (Å²) in [6, 6.07) is 0. The predicted octanol–water partition coefficient (Wildman–Crippen LogP) is 2.06. The maximum atomic E-state index is 12.7. The van der Waals surface area contributed by atoms with Crippen LogP contribution in [0.15, 0.2) is 4.79 Å². The van der Waals surface area contributed by atoms with Crippen LogP contribution in [-0.2, 0) is 19.0 Å². The highest BCUT2D eigenvalue weighted by atomic mass is 19.4. The molecule has 2 rings (SSSR count). The van der Waals surface area contributed by atoms with Crippen LogP contribution in [0.4, 0.5) is 13.2 Å². The largest absolute Gasteiger partial charge is 0.422 e. The Morgan fingerprint density at radius 1 is 1.12 bits per heavy atom. The molecule has 1 aromatic heterocycles. The van der Waals surface area contributed by atoms with Crippen LogP contribution < -0.4 is 5.56 Å². The Hall–Kier alpha value is -1.33. The second kappa shape index (κ2) is 3.92. The molecule has 1 N–H and O–H groups in total. The summed E-state index contributed by atoms with van der Waals surface area (Å²) in [7, 11) is 0. The molecule has 6 heteroatoms. The van der Waals surface area contributed by atoms with E-state index in [1.165, 1.54) is 0 Å². The van der Waals surface area contributed by atoms with Crippen molar-refractivity contribution in [2.24, 2.45) is 0 Å². The summed E-state index contributed by atoms with van der Waals surface area (Å²) in [5.41, 5.74) is -1.70. The van der Waals surface area contributed by atoms with Gasteiger partial charge < -0.3 is 0 Å². The zero-order valence-corrected chi connectivity index (χ0v) is 8.52. The van der Waals surface area contributed by atoms with Gasteiger partial charge in [0, 0.05) is 0 Å². The lowest BCUT2D eigenvalue weighted by atomic mass is 10.0. The number of nitrogens with zero attached hydrogens (tertiary/aromatic N) is 1. The van der Waals surface area contributed by atoms with Gasteiger partial charge in [0.1, 0.15) is 5.56 Å². The van der Waals surface area contributed by atoms with Crippen molar-refractivity contribution < 1.29 is 13.2 Å². The number of H-pyrrole nitrogens is 1. The lowest BCUT2D eigenvalue weighted by molar-refractivity contribution is -0.139. The number of rotatable bonds is 0. The van der Waals surface area contributed by atoms with E-state index in [9.17, 15) is 18.0 Å². The zero-order chi connectivity index (χ0) is 11.8. The smallest absolute Gasteiger partial charge is 0.267 e.